The minimum atomic E-state index is -3.75. The summed E-state index contributed by atoms with van der Waals surface area (Å²) in [6.45, 7) is 4.15. The summed E-state index contributed by atoms with van der Waals surface area (Å²) in [5.74, 6) is -0.289. The Morgan fingerprint density at radius 1 is 0.906 bits per heavy atom. The molecule has 0 aliphatic carbocycles. The van der Waals surface area contributed by atoms with Crippen LogP contribution in [0, 0.1) is 6.92 Å². The predicted octanol–water partition coefficient (Wildman–Crippen LogP) is 5.03. The Bertz CT molecular complexity index is 1130. The second-order valence-corrected chi connectivity index (χ2v) is 10.1. The minimum absolute atomic E-state index is 0.289. The second kappa shape index (κ2) is 10.2. The third-order valence-electron chi connectivity index (χ3n) is 5.22. The van der Waals surface area contributed by atoms with Crippen LogP contribution in [0.5, 0.6) is 0 Å². The lowest BCUT2D eigenvalue weighted by Crippen LogP contribution is -2.49. The lowest BCUT2D eigenvalue weighted by molar-refractivity contribution is -0.133. The van der Waals surface area contributed by atoms with Gasteiger partial charge < -0.3 is 4.90 Å². The Hall–Kier alpha value is -2.83. The lowest BCUT2D eigenvalue weighted by atomic mass is 10.1. The van der Waals surface area contributed by atoms with E-state index in [-0.39, 0.29) is 5.91 Å². The van der Waals surface area contributed by atoms with Crippen LogP contribution < -0.4 is 4.31 Å². The van der Waals surface area contributed by atoms with E-state index in [2.05, 4.69) is 0 Å². The van der Waals surface area contributed by atoms with Crippen LogP contribution >= 0.6 is 11.6 Å². The molecule has 32 heavy (non-hydrogen) atoms. The number of rotatable bonds is 8. The van der Waals surface area contributed by atoms with Crippen molar-refractivity contribution in [2.24, 2.45) is 0 Å². The second-order valence-electron chi connectivity index (χ2n) is 7.83. The SMILES string of the molecule is Cc1ccc(Cl)cc1N(C(C)C(=O)N(Cc1ccccc1)Cc1ccccc1)S(C)(=O)=O. The van der Waals surface area contributed by atoms with Crippen LogP contribution in [0.15, 0.2) is 78.9 Å². The number of aryl methyl sites for hydroxylation is 1. The van der Waals surface area contributed by atoms with Gasteiger partial charge in [0, 0.05) is 18.1 Å². The van der Waals surface area contributed by atoms with Crippen molar-refractivity contribution >= 4 is 33.2 Å². The van der Waals surface area contributed by atoms with Crippen molar-refractivity contribution in [2.75, 3.05) is 10.6 Å². The topological polar surface area (TPSA) is 57.7 Å². The molecule has 0 fully saturated rings. The maximum atomic E-state index is 13.7. The van der Waals surface area contributed by atoms with Crippen molar-refractivity contribution in [1.82, 2.24) is 4.90 Å². The zero-order valence-corrected chi connectivity index (χ0v) is 20.0. The monoisotopic (exact) mass is 470 g/mol. The van der Waals surface area contributed by atoms with Crippen molar-refractivity contribution in [3.8, 4) is 0 Å². The number of hydrogen-bond donors (Lipinski definition) is 0. The molecule has 0 N–H and O–H groups in total. The van der Waals surface area contributed by atoms with E-state index < -0.39 is 16.1 Å². The summed E-state index contributed by atoms with van der Waals surface area (Å²) in [6, 6.07) is 23.4. The van der Waals surface area contributed by atoms with Crippen molar-refractivity contribution in [3.05, 3.63) is 101 Å². The van der Waals surface area contributed by atoms with Gasteiger partial charge in [-0.05, 0) is 42.7 Å². The summed E-state index contributed by atoms with van der Waals surface area (Å²) in [7, 11) is -3.75. The fraction of sp³-hybridized carbons (Fsp3) is 0.240. The molecule has 3 aromatic carbocycles. The Labute approximate surface area is 195 Å². The Morgan fingerprint density at radius 3 is 1.88 bits per heavy atom. The molecule has 1 amide bonds. The van der Waals surface area contributed by atoms with Gasteiger partial charge in [0.2, 0.25) is 15.9 Å². The predicted molar refractivity (Wildman–Crippen MR) is 130 cm³/mol. The van der Waals surface area contributed by atoms with Gasteiger partial charge in [0.05, 0.1) is 11.9 Å². The minimum Gasteiger partial charge on any atom is -0.332 e. The van der Waals surface area contributed by atoms with Crippen LogP contribution in [0.2, 0.25) is 5.02 Å². The first-order valence-corrected chi connectivity index (χ1v) is 12.5. The Balaban J connectivity index is 1.99. The number of amides is 1. The number of sulfonamides is 1. The molecule has 1 unspecified atom stereocenters. The molecular formula is C25H27ClN2O3S. The maximum absolute atomic E-state index is 13.7. The Morgan fingerprint density at radius 2 is 1.41 bits per heavy atom. The molecule has 0 spiro atoms. The maximum Gasteiger partial charge on any atom is 0.246 e. The standard InChI is InChI=1S/C25H27ClN2O3S/c1-19-14-15-23(26)16-24(19)28(32(3,30)31)20(2)25(29)27(17-21-10-6-4-7-11-21)18-22-12-8-5-9-13-22/h4-16,20H,17-18H2,1-3H3. The van der Waals surface area contributed by atoms with Crippen molar-refractivity contribution < 1.29 is 13.2 Å². The van der Waals surface area contributed by atoms with Gasteiger partial charge in [-0.15, -0.1) is 0 Å². The molecular weight excluding hydrogens is 444 g/mol. The molecule has 1 atom stereocenters. The van der Waals surface area contributed by atoms with Crippen LogP contribution in [0.1, 0.15) is 23.6 Å². The highest BCUT2D eigenvalue weighted by molar-refractivity contribution is 7.92. The summed E-state index contributed by atoms with van der Waals surface area (Å²) >= 11 is 6.16. The number of anilines is 1. The normalized spacial score (nSPS) is 12.2. The first-order chi connectivity index (χ1) is 15.2. The third-order valence-corrected chi connectivity index (χ3v) is 6.68. The summed E-state index contributed by atoms with van der Waals surface area (Å²) in [5.41, 5.74) is 3.06. The molecule has 3 aromatic rings. The fourth-order valence-corrected chi connectivity index (χ4v) is 5.06. The number of benzene rings is 3. The van der Waals surface area contributed by atoms with Gasteiger partial charge in [0.25, 0.3) is 0 Å². The van der Waals surface area contributed by atoms with E-state index in [4.69, 9.17) is 11.6 Å². The average Bonchev–Trinajstić information content (AvgIpc) is 2.76. The molecule has 0 bridgehead atoms. The molecule has 7 heteroatoms. The number of nitrogens with zero attached hydrogens (tertiary/aromatic N) is 2. The number of carbonyl (C=O) groups excluding carboxylic acids is 1. The van der Waals surface area contributed by atoms with Crippen LogP contribution in [0.3, 0.4) is 0 Å². The molecule has 0 aromatic heterocycles. The smallest absolute Gasteiger partial charge is 0.246 e. The zero-order valence-electron chi connectivity index (χ0n) is 18.4. The van der Waals surface area contributed by atoms with E-state index in [0.717, 1.165) is 22.9 Å². The highest BCUT2D eigenvalue weighted by atomic mass is 35.5. The quantitative estimate of drug-likeness (QED) is 0.463. The molecule has 5 nitrogen and oxygen atoms in total. The molecule has 0 saturated heterocycles. The van der Waals surface area contributed by atoms with Gasteiger partial charge in [-0.25, -0.2) is 8.42 Å². The highest BCUT2D eigenvalue weighted by Crippen LogP contribution is 2.29. The van der Waals surface area contributed by atoms with Crippen LogP contribution in [-0.2, 0) is 27.9 Å². The largest absolute Gasteiger partial charge is 0.332 e. The van der Waals surface area contributed by atoms with E-state index >= 15 is 0 Å². The summed E-state index contributed by atoms with van der Waals surface area (Å²) in [6.07, 6.45) is 1.11. The molecule has 0 radical (unpaired) electrons. The van der Waals surface area contributed by atoms with Gasteiger partial charge in [-0.2, -0.15) is 0 Å². The Kier molecular flexibility index (Phi) is 7.59. The van der Waals surface area contributed by atoms with Gasteiger partial charge in [0.1, 0.15) is 6.04 Å². The van der Waals surface area contributed by atoms with E-state index in [0.29, 0.717) is 23.8 Å². The highest BCUT2D eigenvalue weighted by Gasteiger charge is 2.33. The van der Waals surface area contributed by atoms with E-state index in [9.17, 15) is 13.2 Å². The first-order valence-electron chi connectivity index (χ1n) is 10.3. The van der Waals surface area contributed by atoms with Crippen molar-refractivity contribution in [1.29, 1.82) is 0 Å². The van der Waals surface area contributed by atoms with Crippen molar-refractivity contribution in [2.45, 2.75) is 33.0 Å². The van der Waals surface area contributed by atoms with Gasteiger partial charge >= 0.3 is 0 Å². The molecule has 0 heterocycles. The van der Waals surface area contributed by atoms with Gasteiger partial charge in [-0.3, -0.25) is 9.10 Å². The molecule has 0 aliphatic heterocycles. The van der Waals surface area contributed by atoms with Crippen LogP contribution in [0.4, 0.5) is 5.69 Å². The third kappa shape index (κ3) is 5.90. The average molecular weight is 471 g/mol. The molecule has 168 valence electrons. The molecule has 0 saturated carbocycles. The number of hydrogen-bond acceptors (Lipinski definition) is 3. The van der Waals surface area contributed by atoms with Crippen LogP contribution in [0.25, 0.3) is 0 Å². The van der Waals surface area contributed by atoms with Crippen molar-refractivity contribution in [3.63, 3.8) is 0 Å². The van der Waals surface area contributed by atoms with E-state index in [1.54, 1.807) is 36.9 Å². The van der Waals surface area contributed by atoms with Gasteiger partial charge in [-0.1, -0.05) is 78.3 Å². The summed E-state index contributed by atoms with van der Waals surface area (Å²) < 4.78 is 26.8. The number of halogens is 1. The first kappa shape index (κ1) is 23.8. The van der Waals surface area contributed by atoms with E-state index in [1.807, 2.05) is 60.7 Å². The summed E-state index contributed by atoms with van der Waals surface area (Å²) in [4.78, 5) is 15.4. The summed E-state index contributed by atoms with van der Waals surface area (Å²) in [5, 5.41) is 0.407. The van der Waals surface area contributed by atoms with Crippen LogP contribution in [-0.4, -0.2) is 31.5 Å². The zero-order chi connectivity index (χ0) is 23.3. The lowest BCUT2D eigenvalue weighted by Gasteiger charge is -2.33. The van der Waals surface area contributed by atoms with Gasteiger partial charge in [0.15, 0.2) is 0 Å². The molecule has 3 rings (SSSR count). The number of carbonyl (C=O) groups is 1. The molecule has 0 aliphatic rings. The fourth-order valence-electron chi connectivity index (χ4n) is 3.68. The van der Waals surface area contributed by atoms with E-state index in [1.165, 1.54) is 4.31 Å².